The summed E-state index contributed by atoms with van der Waals surface area (Å²) in [5.41, 5.74) is 1.36. The Morgan fingerprint density at radius 1 is 1.39 bits per heavy atom. The predicted molar refractivity (Wildman–Crippen MR) is 71.3 cm³/mol. The molecular weight excluding hydrogens is 226 g/mol. The lowest BCUT2D eigenvalue weighted by Crippen LogP contribution is -2.33. The first-order valence-corrected chi connectivity index (χ1v) is 6.52. The number of aliphatic hydroxyl groups is 1. The monoisotopic (exact) mass is 249 g/mol. The Labute approximate surface area is 109 Å². The largest absolute Gasteiger partial charge is 0.386 e. The minimum atomic E-state index is -0.568. The van der Waals surface area contributed by atoms with Crippen LogP contribution in [-0.4, -0.2) is 21.3 Å². The summed E-state index contributed by atoms with van der Waals surface area (Å²) in [5.74, 6) is 0.0711. The first kappa shape index (κ1) is 13.5. The molecule has 0 aliphatic carbocycles. The van der Waals surface area contributed by atoms with Crippen molar-refractivity contribution >= 4 is 0 Å². The summed E-state index contributed by atoms with van der Waals surface area (Å²) in [6.45, 7) is 10.3. The van der Waals surface area contributed by atoms with Crippen molar-refractivity contribution in [1.29, 1.82) is 0 Å². The van der Waals surface area contributed by atoms with Crippen LogP contribution < -0.4 is 0 Å². The third kappa shape index (κ3) is 2.57. The van der Waals surface area contributed by atoms with Crippen molar-refractivity contribution in [2.75, 3.05) is 0 Å². The molecule has 0 spiro atoms. The van der Waals surface area contributed by atoms with Crippen LogP contribution in [0.25, 0.3) is 0 Å². The first-order chi connectivity index (χ1) is 8.21. The van der Waals surface area contributed by atoms with Crippen molar-refractivity contribution in [3.8, 4) is 0 Å². The van der Waals surface area contributed by atoms with Gasteiger partial charge in [0.15, 0.2) is 0 Å². The first-order valence-electron chi connectivity index (χ1n) is 6.52. The molecule has 3 heteroatoms. The third-order valence-corrected chi connectivity index (χ3v) is 3.76. The summed E-state index contributed by atoms with van der Waals surface area (Å²) in [6.07, 6.45) is 2.03. The minimum absolute atomic E-state index is 0.0711. The maximum absolute atomic E-state index is 10.6. The number of aliphatic hydroxyl groups excluding tert-OH is 1. The fraction of sp³-hybridized carbons (Fsp3) is 0.667. The van der Waals surface area contributed by atoms with E-state index in [0.29, 0.717) is 0 Å². The van der Waals surface area contributed by atoms with Crippen LogP contribution in [0.4, 0.5) is 0 Å². The van der Waals surface area contributed by atoms with Crippen molar-refractivity contribution in [2.24, 2.45) is 5.92 Å². The van der Waals surface area contributed by atoms with Crippen molar-refractivity contribution < 1.29 is 9.84 Å². The summed E-state index contributed by atoms with van der Waals surface area (Å²) >= 11 is 0. The molecule has 1 saturated heterocycles. The van der Waals surface area contributed by atoms with Crippen LogP contribution in [0.15, 0.2) is 18.3 Å². The van der Waals surface area contributed by atoms with Crippen molar-refractivity contribution in [3.05, 3.63) is 29.6 Å². The quantitative estimate of drug-likeness (QED) is 0.876. The predicted octanol–water partition coefficient (Wildman–Crippen LogP) is 3.02. The molecule has 0 amide bonds. The second-order valence-electron chi connectivity index (χ2n) is 6.48. The summed E-state index contributed by atoms with van der Waals surface area (Å²) < 4.78 is 6.03. The van der Waals surface area contributed by atoms with Crippen LogP contribution in [0, 0.1) is 12.8 Å². The van der Waals surface area contributed by atoms with Gasteiger partial charge in [0.1, 0.15) is 6.10 Å². The molecule has 0 radical (unpaired) electrons. The molecule has 100 valence electrons. The van der Waals surface area contributed by atoms with Crippen molar-refractivity contribution in [1.82, 2.24) is 4.98 Å². The van der Waals surface area contributed by atoms with Crippen LogP contribution in [0.3, 0.4) is 0 Å². The van der Waals surface area contributed by atoms with Gasteiger partial charge >= 0.3 is 0 Å². The van der Waals surface area contributed by atoms with Gasteiger partial charge in [-0.3, -0.25) is 4.98 Å². The Bertz CT molecular complexity index is 440. The van der Waals surface area contributed by atoms with E-state index in [9.17, 15) is 5.11 Å². The van der Waals surface area contributed by atoms with E-state index in [1.165, 1.54) is 0 Å². The van der Waals surface area contributed by atoms with Gasteiger partial charge in [-0.25, -0.2) is 0 Å². The van der Waals surface area contributed by atoms with Crippen LogP contribution in [-0.2, 0) is 4.74 Å². The number of aryl methyl sites for hydroxylation is 1. The summed E-state index contributed by atoms with van der Waals surface area (Å²) in [4.78, 5) is 4.29. The maximum atomic E-state index is 10.6. The summed E-state index contributed by atoms with van der Waals surface area (Å²) in [5, 5.41) is 10.6. The van der Waals surface area contributed by atoms with E-state index in [1.807, 2.05) is 32.9 Å². The highest BCUT2D eigenvalue weighted by molar-refractivity contribution is 5.18. The average molecular weight is 249 g/mol. The van der Waals surface area contributed by atoms with Gasteiger partial charge in [0.05, 0.1) is 16.9 Å². The number of rotatable bonds is 2. The van der Waals surface area contributed by atoms with E-state index in [-0.39, 0.29) is 17.1 Å². The molecule has 1 aliphatic heterocycles. The zero-order valence-corrected chi connectivity index (χ0v) is 11.9. The van der Waals surface area contributed by atoms with Crippen molar-refractivity contribution in [2.45, 2.75) is 58.3 Å². The van der Waals surface area contributed by atoms with Gasteiger partial charge in [-0.1, -0.05) is 0 Å². The minimum Gasteiger partial charge on any atom is -0.386 e. The molecule has 0 bridgehead atoms. The highest BCUT2D eigenvalue weighted by atomic mass is 16.5. The lowest BCUT2D eigenvalue weighted by molar-refractivity contribution is -0.0884. The van der Waals surface area contributed by atoms with E-state index >= 15 is 0 Å². The number of ether oxygens (including phenoxy) is 1. The second kappa shape index (κ2) is 4.32. The van der Waals surface area contributed by atoms with Crippen LogP contribution in [0.2, 0.25) is 0 Å². The summed E-state index contributed by atoms with van der Waals surface area (Å²) in [6, 6.07) is 3.89. The number of nitrogens with zero attached hydrogens (tertiary/aromatic N) is 1. The van der Waals surface area contributed by atoms with Crippen LogP contribution in [0.1, 0.15) is 51.5 Å². The fourth-order valence-electron chi connectivity index (χ4n) is 3.02. The Kier molecular flexibility index (Phi) is 3.24. The molecule has 2 atom stereocenters. The molecule has 1 fully saturated rings. The third-order valence-electron chi connectivity index (χ3n) is 3.76. The van der Waals surface area contributed by atoms with E-state index in [1.54, 1.807) is 6.20 Å². The van der Waals surface area contributed by atoms with E-state index in [4.69, 9.17) is 4.74 Å². The van der Waals surface area contributed by atoms with E-state index in [2.05, 4.69) is 18.8 Å². The Hall–Kier alpha value is -0.930. The number of aromatic nitrogens is 1. The van der Waals surface area contributed by atoms with E-state index < -0.39 is 6.10 Å². The lowest BCUT2D eigenvalue weighted by atomic mass is 9.81. The topological polar surface area (TPSA) is 42.4 Å². The molecule has 2 unspecified atom stereocenters. The zero-order valence-electron chi connectivity index (χ0n) is 11.9. The molecule has 1 aromatic rings. The van der Waals surface area contributed by atoms with Gasteiger partial charge in [0.2, 0.25) is 0 Å². The van der Waals surface area contributed by atoms with Gasteiger partial charge < -0.3 is 9.84 Å². The average Bonchev–Trinajstić information content (AvgIpc) is 2.45. The Balaban J connectivity index is 2.26. The van der Waals surface area contributed by atoms with E-state index in [0.717, 1.165) is 17.7 Å². The highest BCUT2D eigenvalue weighted by Crippen LogP contribution is 2.47. The maximum Gasteiger partial charge on any atom is 0.102 e. The van der Waals surface area contributed by atoms with Crippen LogP contribution in [0.5, 0.6) is 0 Å². The number of hydrogen-bond acceptors (Lipinski definition) is 3. The smallest absolute Gasteiger partial charge is 0.102 e. The molecule has 2 heterocycles. The molecule has 0 saturated carbocycles. The fourth-order valence-corrected chi connectivity index (χ4v) is 3.02. The standard InChI is InChI=1S/C15H23NO2/c1-10-6-7-16-12(8-10)13(17)11-9-14(2,3)18-15(11,4)5/h6-8,11,13,17H,9H2,1-5H3. The normalized spacial score (nSPS) is 27.1. The van der Waals surface area contributed by atoms with Crippen LogP contribution >= 0.6 is 0 Å². The molecular formula is C15H23NO2. The molecule has 1 N–H and O–H groups in total. The summed E-state index contributed by atoms with van der Waals surface area (Å²) in [7, 11) is 0. The highest BCUT2D eigenvalue weighted by Gasteiger charge is 2.49. The molecule has 1 aromatic heterocycles. The number of pyridine rings is 1. The van der Waals surface area contributed by atoms with Gasteiger partial charge in [-0.05, 0) is 58.7 Å². The van der Waals surface area contributed by atoms with Gasteiger partial charge in [-0.2, -0.15) is 0 Å². The Morgan fingerprint density at radius 3 is 2.56 bits per heavy atom. The van der Waals surface area contributed by atoms with Gasteiger partial charge in [-0.15, -0.1) is 0 Å². The molecule has 1 aliphatic rings. The molecule has 18 heavy (non-hydrogen) atoms. The van der Waals surface area contributed by atoms with Crippen molar-refractivity contribution in [3.63, 3.8) is 0 Å². The second-order valence-corrected chi connectivity index (χ2v) is 6.48. The zero-order chi connectivity index (χ0) is 13.6. The SMILES string of the molecule is Cc1ccnc(C(O)C2CC(C)(C)OC2(C)C)c1. The van der Waals surface area contributed by atoms with Gasteiger partial charge in [0.25, 0.3) is 0 Å². The molecule has 0 aromatic carbocycles. The molecule has 2 rings (SSSR count). The number of hydrogen-bond donors (Lipinski definition) is 1. The Morgan fingerprint density at radius 2 is 2.06 bits per heavy atom. The molecule has 3 nitrogen and oxygen atoms in total. The van der Waals surface area contributed by atoms with Gasteiger partial charge in [0, 0.05) is 12.1 Å². The lowest BCUT2D eigenvalue weighted by Gasteiger charge is -2.30.